The molecule has 30 heavy (non-hydrogen) atoms. The van der Waals surface area contributed by atoms with Gasteiger partial charge in [-0.3, -0.25) is 14.9 Å². The van der Waals surface area contributed by atoms with Gasteiger partial charge in [0.05, 0.1) is 22.8 Å². The normalized spacial score (nSPS) is 11.8. The van der Waals surface area contributed by atoms with Crippen LogP contribution in [0.5, 0.6) is 0 Å². The molecule has 0 saturated carbocycles. The second kappa shape index (κ2) is 8.36. The van der Waals surface area contributed by atoms with Gasteiger partial charge >= 0.3 is 0 Å². The van der Waals surface area contributed by atoms with Crippen LogP contribution in [0.1, 0.15) is 40.1 Å². The molecule has 2 aromatic carbocycles. The average molecular weight is 407 g/mol. The summed E-state index contributed by atoms with van der Waals surface area (Å²) in [6.07, 6.45) is 1.73. The van der Waals surface area contributed by atoms with Crippen molar-refractivity contribution in [1.29, 1.82) is 0 Å². The molecule has 0 aliphatic rings. The number of carbonyl (C=O) groups is 1. The van der Waals surface area contributed by atoms with Crippen LogP contribution in [0.2, 0.25) is 0 Å². The summed E-state index contributed by atoms with van der Waals surface area (Å²) in [5, 5.41) is 18.8. The number of nitrogens with one attached hydrogen (secondary N) is 1. The Morgan fingerprint density at radius 3 is 2.43 bits per heavy atom. The van der Waals surface area contributed by atoms with Crippen LogP contribution in [0.15, 0.2) is 48.7 Å². The molecule has 1 unspecified atom stereocenters. The van der Waals surface area contributed by atoms with Gasteiger partial charge in [-0.2, -0.15) is 5.10 Å². The highest BCUT2D eigenvalue weighted by molar-refractivity contribution is 5.96. The van der Waals surface area contributed by atoms with Gasteiger partial charge in [-0.25, -0.2) is 4.68 Å². The molecule has 156 valence electrons. The number of hydrogen-bond acceptors (Lipinski definition) is 5. The lowest BCUT2D eigenvalue weighted by Gasteiger charge is -2.16. The van der Waals surface area contributed by atoms with E-state index in [2.05, 4.69) is 10.4 Å². The number of nitro groups is 1. The number of aryl methyl sites for hydroxylation is 1. The first-order valence-electron chi connectivity index (χ1n) is 9.57. The molecule has 0 saturated heterocycles. The Bertz CT molecular complexity index is 1090. The van der Waals surface area contributed by atoms with Gasteiger partial charge in [0.2, 0.25) is 0 Å². The zero-order chi connectivity index (χ0) is 22.0. The Morgan fingerprint density at radius 1 is 1.17 bits per heavy atom. The van der Waals surface area contributed by atoms with Gasteiger partial charge < -0.3 is 10.2 Å². The SMILES string of the molecule is Cc1ccc(-n2ncc(C(C)NC(=O)c3ccc(N(C)C)c([N+](=O)[O-])c3)c2C)cc1. The van der Waals surface area contributed by atoms with Crippen LogP contribution in [-0.4, -0.2) is 34.7 Å². The number of anilines is 1. The summed E-state index contributed by atoms with van der Waals surface area (Å²) in [7, 11) is 3.44. The maximum absolute atomic E-state index is 12.7. The van der Waals surface area contributed by atoms with Gasteiger partial charge in [0.25, 0.3) is 11.6 Å². The Hall–Kier alpha value is -3.68. The predicted octanol–water partition coefficient (Wildman–Crippen LogP) is 3.95. The monoisotopic (exact) mass is 407 g/mol. The minimum absolute atomic E-state index is 0.108. The lowest BCUT2D eigenvalue weighted by Crippen LogP contribution is -2.27. The molecule has 0 radical (unpaired) electrons. The number of benzene rings is 2. The molecule has 1 aromatic heterocycles. The van der Waals surface area contributed by atoms with E-state index in [1.54, 1.807) is 37.3 Å². The quantitative estimate of drug-likeness (QED) is 0.493. The summed E-state index contributed by atoms with van der Waals surface area (Å²) in [5.41, 5.74) is 4.48. The molecule has 0 fully saturated rings. The summed E-state index contributed by atoms with van der Waals surface area (Å²) in [5.74, 6) is -0.376. The van der Waals surface area contributed by atoms with E-state index < -0.39 is 4.92 Å². The van der Waals surface area contributed by atoms with Crippen molar-refractivity contribution in [3.8, 4) is 5.69 Å². The molecule has 0 aliphatic carbocycles. The molecule has 3 rings (SSSR count). The minimum atomic E-state index is -0.481. The fourth-order valence-corrected chi connectivity index (χ4v) is 3.34. The van der Waals surface area contributed by atoms with Crippen molar-refractivity contribution in [3.05, 3.63) is 81.2 Å². The van der Waals surface area contributed by atoms with Gasteiger partial charge in [-0.05, 0) is 45.0 Å². The highest BCUT2D eigenvalue weighted by Crippen LogP contribution is 2.28. The number of nitrogens with zero attached hydrogens (tertiary/aromatic N) is 4. The molecular weight excluding hydrogens is 382 g/mol. The van der Waals surface area contributed by atoms with E-state index in [-0.39, 0.29) is 23.2 Å². The highest BCUT2D eigenvalue weighted by atomic mass is 16.6. The number of amides is 1. The van der Waals surface area contributed by atoms with Crippen molar-refractivity contribution in [1.82, 2.24) is 15.1 Å². The zero-order valence-corrected chi connectivity index (χ0v) is 17.7. The van der Waals surface area contributed by atoms with Crippen molar-refractivity contribution < 1.29 is 9.72 Å². The molecule has 1 heterocycles. The third-order valence-corrected chi connectivity index (χ3v) is 5.06. The van der Waals surface area contributed by atoms with E-state index in [1.165, 1.54) is 11.6 Å². The van der Waals surface area contributed by atoms with E-state index in [4.69, 9.17) is 0 Å². The zero-order valence-electron chi connectivity index (χ0n) is 17.7. The maximum Gasteiger partial charge on any atom is 0.293 e. The number of nitro benzene ring substituents is 1. The number of rotatable bonds is 6. The van der Waals surface area contributed by atoms with Gasteiger partial charge in [0, 0.05) is 37.0 Å². The maximum atomic E-state index is 12.7. The highest BCUT2D eigenvalue weighted by Gasteiger charge is 2.21. The standard InChI is InChI=1S/C22H25N5O3/c1-14-6-9-18(10-7-14)26-16(3)19(13-23-26)15(2)24-22(28)17-8-11-20(25(4)5)21(12-17)27(29)30/h6-13,15H,1-5H3,(H,24,28). The predicted molar refractivity (Wildman–Crippen MR) is 116 cm³/mol. The molecule has 0 spiro atoms. The Balaban J connectivity index is 1.82. The molecule has 8 heteroatoms. The number of carbonyl (C=O) groups excluding carboxylic acids is 1. The van der Waals surface area contributed by atoms with Crippen LogP contribution >= 0.6 is 0 Å². The number of hydrogen-bond donors (Lipinski definition) is 1. The van der Waals surface area contributed by atoms with E-state index >= 15 is 0 Å². The minimum Gasteiger partial charge on any atom is -0.372 e. The fourth-order valence-electron chi connectivity index (χ4n) is 3.34. The van der Waals surface area contributed by atoms with Crippen LogP contribution in [0, 0.1) is 24.0 Å². The second-order valence-electron chi connectivity index (χ2n) is 7.48. The van der Waals surface area contributed by atoms with E-state index in [1.807, 2.05) is 49.7 Å². The van der Waals surface area contributed by atoms with Crippen molar-refractivity contribution in [2.45, 2.75) is 26.8 Å². The van der Waals surface area contributed by atoms with Crippen LogP contribution in [0.4, 0.5) is 11.4 Å². The Labute approximate surface area is 175 Å². The fraction of sp³-hybridized carbons (Fsp3) is 0.273. The first kappa shape index (κ1) is 21.0. The lowest BCUT2D eigenvalue weighted by molar-refractivity contribution is -0.384. The van der Waals surface area contributed by atoms with E-state index in [0.29, 0.717) is 5.69 Å². The van der Waals surface area contributed by atoms with E-state index in [9.17, 15) is 14.9 Å². The van der Waals surface area contributed by atoms with Gasteiger partial charge in [-0.1, -0.05) is 17.7 Å². The van der Waals surface area contributed by atoms with Gasteiger partial charge in [-0.15, -0.1) is 0 Å². The van der Waals surface area contributed by atoms with Crippen molar-refractivity contribution in [2.75, 3.05) is 19.0 Å². The molecular formula is C22H25N5O3. The van der Waals surface area contributed by atoms with Gasteiger partial charge in [0.1, 0.15) is 5.69 Å². The Morgan fingerprint density at radius 2 is 1.83 bits per heavy atom. The first-order valence-corrected chi connectivity index (χ1v) is 9.57. The van der Waals surface area contributed by atoms with Crippen LogP contribution in [0.25, 0.3) is 5.69 Å². The summed E-state index contributed by atoms with van der Waals surface area (Å²) < 4.78 is 1.83. The molecule has 3 aromatic rings. The van der Waals surface area contributed by atoms with Crippen LogP contribution < -0.4 is 10.2 Å². The van der Waals surface area contributed by atoms with Crippen LogP contribution in [-0.2, 0) is 0 Å². The lowest BCUT2D eigenvalue weighted by atomic mass is 10.1. The Kier molecular flexibility index (Phi) is 5.86. The number of aromatic nitrogens is 2. The molecule has 1 amide bonds. The molecule has 0 bridgehead atoms. The van der Waals surface area contributed by atoms with E-state index in [0.717, 1.165) is 16.9 Å². The molecule has 1 N–H and O–H groups in total. The molecule has 0 aliphatic heterocycles. The first-order chi connectivity index (χ1) is 14.2. The van der Waals surface area contributed by atoms with Crippen molar-refractivity contribution >= 4 is 17.3 Å². The summed E-state index contributed by atoms with van der Waals surface area (Å²) in [4.78, 5) is 25.3. The van der Waals surface area contributed by atoms with Crippen LogP contribution in [0.3, 0.4) is 0 Å². The second-order valence-corrected chi connectivity index (χ2v) is 7.48. The molecule has 8 nitrogen and oxygen atoms in total. The van der Waals surface area contributed by atoms with Crippen molar-refractivity contribution in [2.24, 2.45) is 0 Å². The van der Waals surface area contributed by atoms with Crippen molar-refractivity contribution in [3.63, 3.8) is 0 Å². The third kappa shape index (κ3) is 4.17. The third-order valence-electron chi connectivity index (χ3n) is 5.06. The largest absolute Gasteiger partial charge is 0.372 e. The summed E-state index contributed by atoms with van der Waals surface area (Å²) >= 11 is 0. The average Bonchev–Trinajstić information content (AvgIpc) is 3.09. The molecule has 1 atom stereocenters. The topological polar surface area (TPSA) is 93.3 Å². The van der Waals surface area contributed by atoms with Gasteiger partial charge in [0.15, 0.2) is 0 Å². The summed E-state index contributed by atoms with van der Waals surface area (Å²) in [6.45, 7) is 5.84. The smallest absolute Gasteiger partial charge is 0.293 e. The summed E-state index contributed by atoms with van der Waals surface area (Å²) in [6, 6.07) is 12.2.